The lowest BCUT2D eigenvalue weighted by Crippen LogP contribution is -2.47. The zero-order valence-electron chi connectivity index (χ0n) is 14.6. The van der Waals surface area contributed by atoms with Crippen LogP contribution in [-0.4, -0.2) is 46.0 Å². The smallest absolute Gasteiger partial charge is 0.330 e. The van der Waals surface area contributed by atoms with Crippen LogP contribution in [0.4, 0.5) is 0 Å². The minimum atomic E-state index is -1.20. The molecule has 7 nitrogen and oxygen atoms in total. The quantitative estimate of drug-likeness (QED) is 0.740. The molecule has 1 aliphatic heterocycles. The predicted molar refractivity (Wildman–Crippen MR) is 93.3 cm³/mol. The lowest BCUT2D eigenvalue weighted by atomic mass is 9.83. The highest BCUT2D eigenvalue weighted by molar-refractivity contribution is 5.86. The van der Waals surface area contributed by atoms with Crippen LogP contribution in [0.15, 0.2) is 24.3 Å². The van der Waals surface area contributed by atoms with E-state index in [1.54, 1.807) is 6.07 Å². The molecule has 0 radical (unpaired) electrons. The van der Waals surface area contributed by atoms with E-state index in [1.807, 2.05) is 4.90 Å². The minimum Gasteiger partial charge on any atom is -0.508 e. The molecular weight excluding hydrogens is 336 g/mol. The van der Waals surface area contributed by atoms with Crippen molar-refractivity contribution >= 4 is 17.8 Å². The van der Waals surface area contributed by atoms with E-state index in [0.29, 0.717) is 31.5 Å². The predicted octanol–water partition coefficient (Wildman–Crippen LogP) is 1.67. The molecule has 0 aromatic heterocycles. The summed E-state index contributed by atoms with van der Waals surface area (Å²) in [5, 5.41) is 21.5. The fourth-order valence-corrected chi connectivity index (χ4v) is 3.53. The number of nitrogens with one attached hydrogen (secondary N) is 1. The Hall–Kier alpha value is -2.57. The van der Waals surface area contributed by atoms with Crippen molar-refractivity contribution in [2.75, 3.05) is 13.1 Å². The number of aliphatic carboxylic acids is 1. The van der Waals surface area contributed by atoms with Crippen LogP contribution in [0.5, 0.6) is 5.75 Å². The molecule has 1 aromatic rings. The van der Waals surface area contributed by atoms with E-state index in [4.69, 9.17) is 0 Å². The molecular formula is C19H24N2O5. The van der Waals surface area contributed by atoms with Crippen molar-refractivity contribution in [3.05, 3.63) is 29.8 Å². The molecule has 2 aliphatic rings. The standard InChI is InChI=1S/C19H24N2O5/c22-15-6-2-5-14(11-15)16(19(25)26)20-17(23)12-7-9-21(10-8-12)18(24)13-3-1-4-13/h2,5-6,11-13,16,22H,1,3-4,7-10H2,(H,20,23)(H,25,26)/t16-/m0/s1. The summed E-state index contributed by atoms with van der Waals surface area (Å²) in [5.74, 6) is -1.51. The van der Waals surface area contributed by atoms with Gasteiger partial charge in [-0.3, -0.25) is 9.59 Å². The van der Waals surface area contributed by atoms with Gasteiger partial charge in [0.1, 0.15) is 5.75 Å². The number of carbonyl (C=O) groups is 3. The third-order valence-corrected chi connectivity index (χ3v) is 5.37. The number of hydrogen-bond donors (Lipinski definition) is 3. The molecule has 3 N–H and O–H groups in total. The number of nitrogens with zero attached hydrogens (tertiary/aromatic N) is 1. The number of carboxylic acids is 1. The van der Waals surface area contributed by atoms with Gasteiger partial charge in [0.15, 0.2) is 6.04 Å². The Bertz CT molecular complexity index is 693. The van der Waals surface area contributed by atoms with E-state index >= 15 is 0 Å². The zero-order valence-corrected chi connectivity index (χ0v) is 14.6. The second-order valence-corrected chi connectivity index (χ2v) is 7.10. The maximum Gasteiger partial charge on any atom is 0.330 e. The first-order valence-corrected chi connectivity index (χ1v) is 9.06. The van der Waals surface area contributed by atoms with E-state index in [2.05, 4.69) is 5.32 Å². The van der Waals surface area contributed by atoms with Gasteiger partial charge < -0.3 is 20.4 Å². The summed E-state index contributed by atoms with van der Waals surface area (Å²) in [4.78, 5) is 38.1. The number of carbonyl (C=O) groups excluding carboxylic acids is 2. The van der Waals surface area contributed by atoms with E-state index in [0.717, 1.165) is 19.3 Å². The van der Waals surface area contributed by atoms with Crippen molar-refractivity contribution in [3.63, 3.8) is 0 Å². The highest BCUT2D eigenvalue weighted by Gasteiger charge is 2.34. The van der Waals surface area contributed by atoms with Crippen LogP contribution < -0.4 is 5.32 Å². The molecule has 1 heterocycles. The molecule has 2 fully saturated rings. The van der Waals surface area contributed by atoms with Crippen LogP contribution in [0.25, 0.3) is 0 Å². The van der Waals surface area contributed by atoms with Gasteiger partial charge in [-0.1, -0.05) is 18.6 Å². The van der Waals surface area contributed by atoms with Crippen molar-refractivity contribution in [3.8, 4) is 5.75 Å². The average molecular weight is 360 g/mol. The zero-order chi connectivity index (χ0) is 18.7. The van der Waals surface area contributed by atoms with Crippen LogP contribution >= 0.6 is 0 Å². The summed E-state index contributed by atoms with van der Waals surface area (Å²) in [6.07, 6.45) is 4.11. The Morgan fingerprint density at radius 3 is 2.31 bits per heavy atom. The molecule has 0 unspecified atom stereocenters. The first-order valence-electron chi connectivity index (χ1n) is 9.06. The van der Waals surface area contributed by atoms with Crippen LogP contribution in [0.3, 0.4) is 0 Å². The molecule has 1 aromatic carbocycles. The van der Waals surface area contributed by atoms with E-state index in [1.165, 1.54) is 18.2 Å². The average Bonchev–Trinajstić information content (AvgIpc) is 2.57. The molecule has 1 saturated carbocycles. The van der Waals surface area contributed by atoms with Gasteiger partial charge in [0.25, 0.3) is 0 Å². The van der Waals surface area contributed by atoms with Crippen molar-refractivity contribution in [1.29, 1.82) is 0 Å². The molecule has 7 heteroatoms. The van der Waals surface area contributed by atoms with Gasteiger partial charge in [-0.05, 0) is 43.4 Å². The molecule has 1 aliphatic carbocycles. The second-order valence-electron chi connectivity index (χ2n) is 7.10. The van der Waals surface area contributed by atoms with E-state index < -0.39 is 12.0 Å². The Labute approximate surface area is 152 Å². The number of phenolic OH excluding ortho intramolecular Hbond substituents is 1. The number of hydrogen-bond acceptors (Lipinski definition) is 4. The summed E-state index contributed by atoms with van der Waals surface area (Å²) < 4.78 is 0. The number of benzene rings is 1. The molecule has 140 valence electrons. The van der Waals surface area contributed by atoms with Gasteiger partial charge in [0, 0.05) is 24.9 Å². The normalized spacial score (nSPS) is 19.5. The number of piperidine rings is 1. The molecule has 1 saturated heterocycles. The number of aromatic hydroxyl groups is 1. The number of amides is 2. The van der Waals surface area contributed by atoms with Crippen LogP contribution in [0.1, 0.15) is 43.7 Å². The summed E-state index contributed by atoms with van der Waals surface area (Å²) in [7, 11) is 0. The summed E-state index contributed by atoms with van der Waals surface area (Å²) in [5.41, 5.74) is 0.323. The van der Waals surface area contributed by atoms with Crippen molar-refractivity contribution < 1.29 is 24.6 Å². The maximum atomic E-state index is 12.5. The maximum absolute atomic E-state index is 12.5. The Kier molecular flexibility index (Phi) is 5.44. The summed E-state index contributed by atoms with van der Waals surface area (Å²) in [6.45, 7) is 1.08. The highest BCUT2D eigenvalue weighted by Crippen LogP contribution is 2.30. The third kappa shape index (κ3) is 3.98. The lowest BCUT2D eigenvalue weighted by molar-refractivity contribution is -0.144. The van der Waals surface area contributed by atoms with Crippen LogP contribution in [0.2, 0.25) is 0 Å². The Balaban J connectivity index is 1.57. The highest BCUT2D eigenvalue weighted by atomic mass is 16.4. The minimum absolute atomic E-state index is 0.0502. The SMILES string of the molecule is O=C(N[C@H](C(=O)O)c1cccc(O)c1)C1CCN(C(=O)C2CCC2)CC1. The first-order chi connectivity index (χ1) is 12.5. The van der Waals surface area contributed by atoms with E-state index in [-0.39, 0.29) is 29.4 Å². The second kappa shape index (κ2) is 7.76. The molecule has 2 amide bonds. The van der Waals surface area contributed by atoms with Gasteiger partial charge in [-0.25, -0.2) is 4.79 Å². The van der Waals surface area contributed by atoms with E-state index in [9.17, 15) is 24.6 Å². The van der Waals surface area contributed by atoms with Crippen LogP contribution in [0, 0.1) is 11.8 Å². The number of phenols is 1. The van der Waals surface area contributed by atoms with Crippen LogP contribution in [-0.2, 0) is 14.4 Å². The molecule has 0 bridgehead atoms. The monoisotopic (exact) mass is 360 g/mol. The fraction of sp³-hybridized carbons (Fsp3) is 0.526. The lowest BCUT2D eigenvalue weighted by Gasteiger charge is -2.36. The largest absolute Gasteiger partial charge is 0.508 e. The molecule has 1 atom stereocenters. The Morgan fingerprint density at radius 1 is 1.08 bits per heavy atom. The van der Waals surface area contributed by atoms with Crippen molar-refractivity contribution in [2.45, 2.75) is 38.1 Å². The van der Waals surface area contributed by atoms with Gasteiger partial charge in [-0.15, -0.1) is 0 Å². The fourth-order valence-electron chi connectivity index (χ4n) is 3.53. The first kappa shape index (κ1) is 18.2. The van der Waals surface area contributed by atoms with Crippen molar-refractivity contribution in [2.24, 2.45) is 11.8 Å². The summed E-state index contributed by atoms with van der Waals surface area (Å²) >= 11 is 0. The summed E-state index contributed by atoms with van der Waals surface area (Å²) in [6, 6.07) is 4.66. The van der Waals surface area contributed by atoms with Gasteiger partial charge >= 0.3 is 5.97 Å². The third-order valence-electron chi connectivity index (χ3n) is 5.37. The van der Waals surface area contributed by atoms with Crippen molar-refractivity contribution in [1.82, 2.24) is 10.2 Å². The van der Waals surface area contributed by atoms with Gasteiger partial charge in [0.2, 0.25) is 11.8 Å². The topological polar surface area (TPSA) is 107 Å². The molecule has 0 spiro atoms. The van der Waals surface area contributed by atoms with Gasteiger partial charge in [0.05, 0.1) is 0 Å². The molecule has 26 heavy (non-hydrogen) atoms. The Morgan fingerprint density at radius 2 is 1.77 bits per heavy atom. The number of carboxylic acid groups (broad SMARTS) is 1. The van der Waals surface area contributed by atoms with Gasteiger partial charge in [-0.2, -0.15) is 0 Å². The molecule has 3 rings (SSSR count). The number of rotatable bonds is 5. The number of likely N-dealkylation sites (tertiary alicyclic amines) is 1.